The lowest BCUT2D eigenvalue weighted by Gasteiger charge is -2.30. The molecule has 4 rings (SSSR count). The van der Waals surface area contributed by atoms with E-state index in [4.69, 9.17) is 4.74 Å². The third-order valence-electron chi connectivity index (χ3n) is 6.47. The number of amides is 2. The maximum absolute atomic E-state index is 13.0. The van der Waals surface area contributed by atoms with Gasteiger partial charge in [-0.3, -0.25) is 9.59 Å². The number of piperidine rings is 1. The van der Waals surface area contributed by atoms with E-state index in [2.05, 4.69) is 10.6 Å². The second kappa shape index (κ2) is 11.6. The minimum absolute atomic E-state index is 0.0330. The van der Waals surface area contributed by atoms with Crippen LogP contribution >= 0.6 is 11.8 Å². The number of carbonyl (C=O) groups is 2. The van der Waals surface area contributed by atoms with Gasteiger partial charge in [-0.05, 0) is 68.3 Å². The van der Waals surface area contributed by atoms with Crippen molar-refractivity contribution in [3.63, 3.8) is 0 Å². The van der Waals surface area contributed by atoms with Crippen LogP contribution in [0.3, 0.4) is 0 Å². The third-order valence-corrected chi connectivity index (χ3v) is 9.12. The van der Waals surface area contributed by atoms with Gasteiger partial charge in [0.25, 0.3) is 5.91 Å². The van der Waals surface area contributed by atoms with E-state index in [1.165, 1.54) is 4.31 Å². The molecule has 10 heteroatoms. The fourth-order valence-corrected chi connectivity index (χ4v) is 6.27. The number of benzene rings is 2. The van der Waals surface area contributed by atoms with Gasteiger partial charge in [0.05, 0.1) is 22.3 Å². The smallest absolute Gasteiger partial charge is 0.253 e. The molecule has 35 heavy (non-hydrogen) atoms. The molecule has 2 amide bonds. The molecule has 2 N–H and O–H groups in total. The summed E-state index contributed by atoms with van der Waals surface area (Å²) >= 11 is 1.56. The van der Waals surface area contributed by atoms with Crippen molar-refractivity contribution in [3.8, 4) is 0 Å². The van der Waals surface area contributed by atoms with Crippen LogP contribution in [0.5, 0.6) is 0 Å². The number of carbonyl (C=O) groups excluding carboxylic acids is 2. The minimum atomic E-state index is -3.60. The van der Waals surface area contributed by atoms with Crippen LogP contribution < -0.4 is 10.6 Å². The Bertz CT molecular complexity index is 1140. The molecule has 2 aromatic carbocycles. The number of anilines is 1. The van der Waals surface area contributed by atoms with Gasteiger partial charge in [0.2, 0.25) is 15.9 Å². The predicted octanol–water partition coefficient (Wildman–Crippen LogP) is 3.36. The number of hydrogen-bond acceptors (Lipinski definition) is 6. The van der Waals surface area contributed by atoms with Crippen LogP contribution in [0.15, 0.2) is 58.3 Å². The number of hydrogen-bond donors (Lipinski definition) is 2. The Hall–Kier alpha value is -2.40. The zero-order valence-electron chi connectivity index (χ0n) is 19.7. The average molecular weight is 518 g/mol. The molecular formula is C25H31N3O5S2. The van der Waals surface area contributed by atoms with E-state index in [0.29, 0.717) is 30.6 Å². The highest BCUT2D eigenvalue weighted by Gasteiger charge is 2.32. The zero-order valence-corrected chi connectivity index (χ0v) is 21.4. The summed E-state index contributed by atoms with van der Waals surface area (Å²) in [7, 11) is -3.60. The van der Waals surface area contributed by atoms with Gasteiger partial charge in [-0.25, -0.2) is 8.42 Å². The van der Waals surface area contributed by atoms with Gasteiger partial charge in [-0.15, -0.1) is 11.8 Å². The van der Waals surface area contributed by atoms with Crippen LogP contribution in [0.1, 0.15) is 36.0 Å². The molecule has 0 unspecified atom stereocenters. The lowest BCUT2D eigenvalue weighted by Crippen LogP contribution is -2.41. The molecule has 0 aliphatic carbocycles. The Morgan fingerprint density at radius 3 is 2.43 bits per heavy atom. The van der Waals surface area contributed by atoms with Gasteiger partial charge in [-0.2, -0.15) is 4.31 Å². The molecule has 0 spiro atoms. The van der Waals surface area contributed by atoms with Crippen molar-refractivity contribution in [3.05, 3.63) is 54.1 Å². The molecule has 0 aromatic heterocycles. The lowest BCUT2D eigenvalue weighted by atomic mass is 9.97. The van der Waals surface area contributed by atoms with E-state index >= 15 is 0 Å². The van der Waals surface area contributed by atoms with Gasteiger partial charge in [0.1, 0.15) is 0 Å². The molecule has 2 aliphatic rings. The molecule has 2 aromatic rings. The molecular weight excluding hydrogens is 486 g/mol. The first-order valence-corrected chi connectivity index (χ1v) is 14.5. The summed E-state index contributed by atoms with van der Waals surface area (Å²) in [6, 6.07) is 13.8. The maximum atomic E-state index is 13.0. The van der Waals surface area contributed by atoms with E-state index in [9.17, 15) is 18.0 Å². The van der Waals surface area contributed by atoms with Crippen molar-refractivity contribution in [1.82, 2.24) is 9.62 Å². The lowest BCUT2D eigenvalue weighted by molar-refractivity contribution is -0.120. The highest BCUT2D eigenvalue weighted by Crippen LogP contribution is 2.27. The standard InChI is InChI=1S/C25H31N3O5S2/c1-34-20-8-10-21(11-9-20)35(31,32)28-14-12-18(13-15-28)24(29)27-23-7-3-2-6-22(23)25(30)26-17-19-5-4-16-33-19/h2-3,6-11,18-19H,4-5,12-17H2,1H3,(H,26,30)(H,27,29)/t19-/m0/s1. The van der Waals surface area contributed by atoms with Crippen molar-refractivity contribution in [2.75, 3.05) is 37.8 Å². The van der Waals surface area contributed by atoms with Crippen LogP contribution in [-0.2, 0) is 19.6 Å². The predicted molar refractivity (Wildman–Crippen MR) is 136 cm³/mol. The molecule has 2 saturated heterocycles. The molecule has 0 saturated carbocycles. The van der Waals surface area contributed by atoms with Gasteiger partial charge in [-0.1, -0.05) is 12.1 Å². The molecule has 1 atom stereocenters. The number of sulfonamides is 1. The van der Waals surface area contributed by atoms with Crippen molar-refractivity contribution < 1.29 is 22.7 Å². The summed E-state index contributed by atoms with van der Waals surface area (Å²) in [5, 5.41) is 5.77. The quantitative estimate of drug-likeness (QED) is 0.521. The summed E-state index contributed by atoms with van der Waals surface area (Å²) in [6.45, 7) is 1.70. The van der Waals surface area contributed by atoms with Crippen molar-refractivity contribution in [1.29, 1.82) is 0 Å². The first-order valence-electron chi connectivity index (χ1n) is 11.8. The molecule has 0 bridgehead atoms. The van der Waals surface area contributed by atoms with Gasteiger partial charge in [0, 0.05) is 37.1 Å². The van der Waals surface area contributed by atoms with E-state index < -0.39 is 10.0 Å². The summed E-state index contributed by atoms with van der Waals surface area (Å²) < 4.78 is 33.0. The summed E-state index contributed by atoms with van der Waals surface area (Å²) in [5.74, 6) is -0.793. The van der Waals surface area contributed by atoms with Crippen LogP contribution in [-0.4, -0.2) is 63.1 Å². The largest absolute Gasteiger partial charge is 0.376 e. The number of ether oxygens (including phenoxy) is 1. The number of para-hydroxylation sites is 1. The molecule has 8 nitrogen and oxygen atoms in total. The van der Waals surface area contributed by atoms with Gasteiger partial charge >= 0.3 is 0 Å². The first-order chi connectivity index (χ1) is 16.9. The molecule has 2 heterocycles. The summed E-state index contributed by atoms with van der Waals surface area (Å²) in [6.07, 6.45) is 4.73. The van der Waals surface area contributed by atoms with Crippen molar-refractivity contribution >= 4 is 39.3 Å². The van der Waals surface area contributed by atoms with Crippen molar-refractivity contribution in [2.24, 2.45) is 5.92 Å². The Morgan fingerprint density at radius 1 is 1.06 bits per heavy atom. The normalized spacial score (nSPS) is 19.4. The van der Waals surface area contributed by atoms with Crippen molar-refractivity contribution in [2.45, 2.75) is 41.6 Å². The summed E-state index contributed by atoms with van der Waals surface area (Å²) in [5.41, 5.74) is 0.846. The fraction of sp³-hybridized carbons (Fsp3) is 0.440. The maximum Gasteiger partial charge on any atom is 0.253 e. The van der Waals surface area contributed by atoms with E-state index in [-0.39, 0.29) is 41.8 Å². The molecule has 0 radical (unpaired) electrons. The molecule has 188 valence electrons. The SMILES string of the molecule is CSc1ccc(S(=O)(=O)N2CCC(C(=O)Nc3ccccc3C(=O)NC[C@@H]3CCCO3)CC2)cc1. The van der Waals surface area contributed by atoms with Crippen LogP contribution in [0.2, 0.25) is 0 Å². The second-order valence-electron chi connectivity index (χ2n) is 8.73. The van der Waals surface area contributed by atoms with Crippen LogP contribution in [0, 0.1) is 5.92 Å². The number of rotatable bonds is 8. The van der Waals surface area contributed by atoms with Gasteiger partial charge in [0.15, 0.2) is 0 Å². The monoisotopic (exact) mass is 517 g/mol. The number of nitrogens with zero attached hydrogens (tertiary/aromatic N) is 1. The molecule has 2 aliphatic heterocycles. The van der Waals surface area contributed by atoms with Gasteiger partial charge < -0.3 is 15.4 Å². The minimum Gasteiger partial charge on any atom is -0.376 e. The molecule has 2 fully saturated rings. The van der Waals surface area contributed by atoms with E-state index in [1.807, 2.05) is 6.26 Å². The van der Waals surface area contributed by atoms with Crippen LogP contribution in [0.25, 0.3) is 0 Å². The number of nitrogens with one attached hydrogen (secondary N) is 2. The number of thioether (sulfide) groups is 1. The topological polar surface area (TPSA) is 105 Å². The Balaban J connectivity index is 1.34. The third kappa shape index (κ3) is 6.24. The Morgan fingerprint density at radius 2 is 1.77 bits per heavy atom. The Kier molecular flexibility index (Phi) is 8.48. The first kappa shape index (κ1) is 25.7. The summed E-state index contributed by atoms with van der Waals surface area (Å²) in [4.78, 5) is 27.0. The average Bonchev–Trinajstić information content (AvgIpc) is 3.41. The highest BCUT2D eigenvalue weighted by atomic mass is 32.2. The van der Waals surface area contributed by atoms with Crippen LogP contribution in [0.4, 0.5) is 5.69 Å². The van der Waals surface area contributed by atoms with E-state index in [1.54, 1.807) is 60.3 Å². The zero-order chi connectivity index (χ0) is 24.8. The van der Waals surface area contributed by atoms with E-state index in [0.717, 1.165) is 24.3 Å². The fourth-order valence-electron chi connectivity index (χ4n) is 4.39. The highest BCUT2D eigenvalue weighted by molar-refractivity contribution is 7.98. The Labute approximate surface area is 210 Å². The second-order valence-corrected chi connectivity index (χ2v) is 11.6.